The lowest BCUT2D eigenvalue weighted by atomic mass is 10.2. The molecule has 6 nitrogen and oxygen atoms in total. The number of hydrogen-bond donors (Lipinski definition) is 2. The lowest BCUT2D eigenvalue weighted by molar-refractivity contribution is 0.249. The molecule has 0 saturated carbocycles. The summed E-state index contributed by atoms with van der Waals surface area (Å²) in [7, 11) is 0. The minimum absolute atomic E-state index is 0.218. The van der Waals surface area contributed by atoms with Crippen LogP contribution in [0.3, 0.4) is 0 Å². The van der Waals surface area contributed by atoms with Gasteiger partial charge in [-0.05, 0) is 61.9 Å². The number of nitrogens with zero attached hydrogens (tertiary/aromatic N) is 2. The zero-order chi connectivity index (χ0) is 18.2. The highest BCUT2D eigenvalue weighted by molar-refractivity contribution is 5.90. The predicted octanol–water partition coefficient (Wildman–Crippen LogP) is 4.08. The summed E-state index contributed by atoms with van der Waals surface area (Å²) in [5, 5.41) is 22.9. The third kappa shape index (κ3) is 5.26. The smallest absolute Gasteiger partial charge is 0.319 e. The van der Waals surface area contributed by atoms with Crippen LogP contribution in [-0.4, -0.2) is 12.1 Å². The van der Waals surface area contributed by atoms with E-state index >= 15 is 0 Å². The molecule has 2 N–H and O–H groups in total. The van der Waals surface area contributed by atoms with Crippen molar-refractivity contribution in [3.05, 3.63) is 53.6 Å². The molecule has 0 fully saturated rings. The molecule has 2 rings (SSSR count). The summed E-state index contributed by atoms with van der Waals surface area (Å²) in [4.78, 5) is 11.9. The highest BCUT2D eigenvalue weighted by Gasteiger charge is 2.09. The van der Waals surface area contributed by atoms with Crippen LogP contribution < -0.4 is 15.4 Å². The van der Waals surface area contributed by atoms with E-state index in [9.17, 15) is 4.79 Å². The lowest BCUT2D eigenvalue weighted by Gasteiger charge is -2.14. The highest BCUT2D eigenvalue weighted by Crippen LogP contribution is 2.26. The topological polar surface area (TPSA) is 97.9 Å². The molecule has 0 aliphatic rings. The summed E-state index contributed by atoms with van der Waals surface area (Å²) in [6.45, 7) is 3.63. The van der Waals surface area contributed by atoms with Crippen molar-refractivity contribution in [2.75, 3.05) is 5.32 Å². The van der Waals surface area contributed by atoms with E-state index in [1.54, 1.807) is 43.3 Å². The van der Waals surface area contributed by atoms with Gasteiger partial charge < -0.3 is 15.4 Å². The van der Waals surface area contributed by atoms with Crippen LogP contribution in [0.1, 0.15) is 24.5 Å². The SMILES string of the molecule is Cc1cc(Oc2ccc(C#N)cc2)ccc1NC(=O)NC(C)CC#N. The Morgan fingerprint density at radius 1 is 1.16 bits per heavy atom. The van der Waals surface area contributed by atoms with Gasteiger partial charge in [-0.2, -0.15) is 10.5 Å². The number of nitrogens with one attached hydrogen (secondary N) is 2. The third-order valence-electron chi connectivity index (χ3n) is 3.44. The number of rotatable bonds is 5. The first-order valence-electron chi connectivity index (χ1n) is 7.75. The quantitative estimate of drug-likeness (QED) is 0.860. The van der Waals surface area contributed by atoms with Crippen molar-refractivity contribution in [2.24, 2.45) is 0 Å². The molecule has 2 amide bonds. The van der Waals surface area contributed by atoms with Crippen LogP contribution >= 0.6 is 0 Å². The van der Waals surface area contributed by atoms with Gasteiger partial charge in [-0.15, -0.1) is 0 Å². The Balaban J connectivity index is 2.01. The third-order valence-corrected chi connectivity index (χ3v) is 3.44. The lowest BCUT2D eigenvalue weighted by Crippen LogP contribution is -2.35. The first kappa shape index (κ1) is 17.8. The van der Waals surface area contributed by atoms with Crippen LogP contribution in [0.2, 0.25) is 0 Å². The molecule has 0 bridgehead atoms. The Hall–Kier alpha value is -3.51. The number of anilines is 1. The number of amides is 2. The molecule has 0 aliphatic heterocycles. The molecule has 1 unspecified atom stereocenters. The second-order valence-corrected chi connectivity index (χ2v) is 5.58. The summed E-state index contributed by atoms with van der Waals surface area (Å²) in [5.41, 5.74) is 2.07. The summed E-state index contributed by atoms with van der Waals surface area (Å²) in [6, 6.07) is 15.6. The molecule has 0 spiro atoms. The number of carbonyl (C=O) groups excluding carboxylic acids is 1. The number of ether oxygens (including phenoxy) is 1. The first-order valence-corrected chi connectivity index (χ1v) is 7.75. The van der Waals surface area contributed by atoms with Crippen molar-refractivity contribution in [1.82, 2.24) is 5.32 Å². The van der Waals surface area contributed by atoms with Gasteiger partial charge in [0.15, 0.2) is 0 Å². The van der Waals surface area contributed by atoms with Crippen molar-refractivity contribution >= 4 is 11.7 Å². The molecular formula is C19H18N4O2. The van der Waals surface area contributed by atoms with Gasteiger partial charge in [0.2, 0.25) is 0 Å². The molecule has 2 aromatic rings. The van der Waals surface area contributed by atoms with Crippen LogP contribution in [0.25, 0.3) is 0 Å². The van der Waals surface area contributed by atoms with Gasteiger partial charge >= 0.3 is 6.03 Å². The number of nitriles is 2. The molecule has 0 heterocycles. The van der Waals surface area contributed by atoms with Crippen LogP contribution in [0.4, 0.5) is 10.5 Å². The fourth-order valence-electron chi connectivity index (χ4n) is 2.14. The molecule has 0 saturated heterocycles. The van der Waals surface area contributed by atoms with Crippen molar-refractivity contribution < 1.29 is 9.53 Å². The van der Waals surface area contributed by atoms with Gasteiger partial charge in [0.05, 0.1) is 24.1 Å². The Kier molecular flexibility index (Phi) is 5.97. The van der Waals surface area contributed by atoms with E-state index in [2.05, 4.69) is 16.7 Å². The molecule has 0 aliphatic carbocycles. The standard InChI is InChI=1S/C19H18N4O2/c1-13-11-17(25-16-5-3-15(12-21)4-6-16)7-8-18(13)23-19(24)22-14(2)9-10-20/h3-8,11,14H,9H2,1-2H3,(H2,22,23,24). The number of aryl methyl sites for hydroxylation is 1. The van der Waals surface area contributed by atoms with Crippen molar-refractivity contribution in [2.45, 2.75) is 26.3 Å². The van der Waals surface area contributed by atoms with E-state index in [0.29, 0.717) is 22.7 Å². The van der Waals surface area contributed by atoms with E-state index in [0.717, 1.165) is 5.56 Å². The predicted molar refractivity (Wildman–Crippen MR) is 94.3 cm³/mol. The Morgan fingerprint density at radius 2 is 1.84 bits per heavy atom. The normalized spacial score (nSPS) is 10.9. The fraction of sp³-hybridized carbons (Fsp3) is 0.211. The van der Waals surface area contributed by atoms with Crippen LogP contribution in [0.5, 0.6) is 11.5 Å². The van der Waals surface area contributed by atoms with Gasteiger partial charge in [0.1, 0.15) is 11.5 Å². The maximum absolute atomic E-state index is 11.9. The Labute approximate surface area is 146 Å². The van der Waals surface area contributed by atoms with Gasteiger partial charge in [-0.25, -0.2) is 4.79 Å². The first-order chi connectivity index (χ1) is 12.0. The van der Waals surface area contributed by atoms with E-state index in [1.165, 1.54) is 0 Å². The monoisotopic (exact) mass is 334 g/mol. The number of benzene rings is 2. The second-order valence-electron chi connectivity index (χ2n) is 5.58. The summed E-state index contributed by atoms with van der Waals surface area (Å²) in [6.07, 6.45) is 0.254. The maximum Gasteiger partial charge on any atom is 0.319 e. The van der Waals surface area contributed by atoms with Gasteiger partial charge in [-0.1, -0.05) is 0 Å². The maximum atomic E-state index is 11.9. The van der Waals surface area contributed by atoms with Gasteiger partial charge in [0.25, 0.3) is 0 Å². The minimum Gasteiger partial charge on any atom is -0.457 e. The average Bonchev–Trinajstić information content (AvgIpc) is 2.58. The van der Waals surface area contributed by atoms with Crippen molar-refractivity contribution in [1.29, 1.82) is 10.5 Å². The summed E-state index contributed by atoms with van der Waals surface area (Å²) < 4.78 is 5.74. The molecule has 2 aromatic carbocycles. The van der Waals surface area contributed by atoms with Crippen LogP contribution in [0, 0.1) is 29.6 Å². The zero-order valence-electron chi connectivity index (χ0n) is 14.0. The molecule has 126 valence electrons. The Morgan fingerprint density at radius 3 is 2.44 bits per heavy atom. The number of urea groups is 1. The van der Waals surface area contributed by atoms with E-state index in [-0.39, 0.29) is 18.5 Å². The largest absolute Gasteiger partial charge is 0.457 e. The fourth-order valence-corrected chi connectivity index (χ4v) is 2.14. The minimum atomic E-state index is -0.355. The average molecular weight is 334 g/mol. The summed E-state index contributed by atoms with van der Waals surface area (Å²) in [5.74, 6) is 1.26. The molecule has 25 heavy (non-hydrogen) atoms. The van der Waals surface area contributed by atoms with E-state index in [1.807, 2.05) is 19.1 Å². The molecule has 0 aromatic heterocycles. The summed E-state index contributed by atoms with van der Waals surface area (Å²) >= 11 is 0. The van der Waals surface area contributed by atoms with Crippen LogP contribution in [0.15, 0.2) is 42.5 Å². The number of carbonyl (C=O) groups is 1. The van der Waals surface area contributed by atoms with Crippen molar-refractivity contribution in [3.63, 3.8) is 0 Å². The molecule has 1 atom stereocenters. The van der Waals surface area contributed by atoms with E-state index < -0.39 is 0 Å². The molecular weight excluding hydrogens is 316 g/mol. The highest BCUT2D eigenvalue weighted by atomic mass is 16.5. The Bertz CT molecular complexity index is 832. The molecule has 6 heteroatoms. The second kappa shape index (κ2) is 8.37. The number of hydrogen-bond acceptors (Lipinski definition) is 4. The van der Waals surface area contributed by atoms with E-state index in [4.69, 9.17) is 15.3 Å². The van der Waals surface area contributed by atoms with Gasteiger partial charge in [-0.3, -0.25) is 0 Å². The van der Waals surface area contributed by atoms with Gasteiger partial charge in [0, 0.05) is 11.7 Å². The van der Waals surface area contributed by atoms with Crippen LogP contribution in [-0.2, 0) is 0 Å². The molecule has 0 radical (unpaired) electrons. The zero-order valence-corrected chi connectivity index (χ0v) is 14.0. The van der Waals surface area contributed by atoms with Crippen molar-refractivity contribution in [3.8, 4) is 23.6 Å².